The standard InChI is InChI=1S/C21H26N2O3S/c1-2-19(24)16-7-9-17(10-8-16)26-15-21(25)22-14-18(20-6-5-13-27-20)23-11-3-4-12-23/h5-10,13,18H,2-4,11-12,14-15H2,1H3,(H,22,25)/p+1/t18-/m0/s1. The molecule has 3 rings (SSSR count). The van der Waals surface area contributed by atoms with Crippen LogP contribution in [-0.2, 0) is 4.79 Å². The number of amides is 1. The SMILES string of the molecule is CCC(=O)c1ccc(OCC(=O)NC[C@@H](c2cccs2)[NH+]2CCCC2)cc1. The molecule has 0 saturated carbocycles. The van der Waals surface area contributed by atoms with E-state index in [2.05, 4.69) is 22.8 Å². The summed E-state index contributed by atoms with van der Waals surface area (Å²) < 4.78 is 5.56. The summed E-state index contributed by atoms with van der Waals surface area (Å²) in [4.78, 5) is 26.7. The number of hydrogen-bond donors (Lipinski definition) is 2. The first-order valence-corrected chi connectivity index (χ1v) is 10.5. The number of thiophene rings is 1. The molecular formula is C21H27N2O3S+. The molecule has 5 nitrogen and oxygen atoms in total. The first kappa shape index (κ1) is 19.6. The van der Waals surface area contributed by atoms with Gasteiger partial charge in [-0.2, -0.15) is 0 Å². The van der Waals surface area contributed by atoms with E-state index in [1.165, 1.54) is 17.7 Å². The molecule has 0 unspecified atom stereocenters. The lowest BCUT2D eigenvalue weighted by Gasteiger charge is -2.24. The monoisotopic (exact) mass is 387 g/mol. The molecule has 0 bridgehead atoms. The lowest BCUT2D eigenvalue weighted by Crippen LogP contribution is -3.11. The Kier molecular flexibility index (Phi) is 7.01. The highest BCUT2D eigenvalue weighted by Crippen LogP contribution is 2.17. The van der Waals surface area contributed by atoms with E-state index in [1.807, 2.05) is 6.92 Å². The van der Waals surface area contributed by atoms with Gasteiger partial charge in [0.2, 0.25) is 0 Å². The Balaban J connectivity index is 1.49. The summed E-state index contributed by atoms with van der Waals surface area (Å²) in [5.41, 5.74) is 0.668. The van der Waals surface area contributed by atoms with Gasteiger partial charge >= 0.3 is 0 Å². The Bertz CT molecular complexity index is 737. The van der Waals surface area contributed by atoms with Crippen LogP contribution in [-0.4, -0.2) is 37.9 Å². The van der Waals surface area contributed by atoms with Crippen LogP contribution in [0.15, 0.2) is 41.8 Å². The van der Waals surface area contributed by atoms with E-state index in [0.29, 0.717) is 30.3 Å². The maximum Gasteiger partial charge on any atom is 0.258 e. The predicted octanol–water partition coefficient (Wildman–Crippen LogP) is 2.26. The summed E-state index contributed by atoms with van der Waals surface area (Å²) in [6.07, 6.45) is 2.99. The second kappa shape index (κ2) is 9.67. The van der Waals surface area contributed by atoms with Gasteiger partial charge in [0.15, 0.2) is 12.4 Å². The van der Waals surface area contributed by atoms with E-state index in [-0.39, 0.29) is 18.3 Å². The topological polar surface area (TPSA) is 59.8 Å². The summed E-state index contributed by atoms with van der Waals surface area (Å²) in [6, 6.07) is 11.5. The van der Waals surface area contributed by atoms with Gasteiger partial charge in [-0.05, 0) is 35.7 Å². The van der Waals surface area contributed by atoms with Crippen molar-refractivity contribution in [1.82, 2.24) is 5.32 Å². The van der Waals surface area contributed by atoms with Crippen molar-refractivity contribution in [3.05, 3.63) is 52.2 Å². The fraction of sp³-hybridized carbons (Fsp3) is 0.429. The van der Waals surface area contributed by atoms with Crippen molar-refractivity contribution in [3.63, 3.8) is 0 Å². The van der Waals surface area contributed by atoms with Gasteiger partial charge < -0.3 is 15.0 Å². The van der Waals surface area contributed by atoms with Gasteiger partial charge in [0.1, 0.15) is 11.8 Å². The molecule has 1 atom stereocenters. The van der Waals surface area contributed by atoms with Crippen LogP contribution in [0.3, 0.4) is 0 Å². The molecule has 0 aliphatic carbocycles. The normalized spacial score (nSPS) is 15.4. The average molecular weight is 388 g/mol. The van der Waals surface area contributed by atoms with Gasteiger partial charge in [-0.3, -0.25) is 9.59 Å². The fourth-order valence-corrected chi connectivity index (χ4v) is 4.36. The maximum absolute atomic E-state index is 12.2. The molecule has 2 heterocycles. The molecule has 1 aliphatic rings. The zero-order valence-corrected chi connectivity index (χ0v) is 16.5. The summed E-state index contributed by atoms with van der Waals surface area (Å²) in [5.74, 6) is 0.574. The maximum atomic E-state index is 12.2. The third-order valence-electron chi connectivity index (χ3n) is 5.00. The Morgan fingerprint density at radius 3 is 2.56 bits per heavy atom. The number of hydrogen-bond acceptors (Lipinski definition) is 4. The molecule has 1 amide bonds. The third-order valence-corrected chi connectivity index (χ3v) is 5.98. The molecule has 27 heavy (non-hydrogen) atoms. The van der Waals surface area contributed by atoms with Crippen molar-refractivity contribution in [2.45, 2.75) is 32.2 Å². The number of ketones is 1. The number of carbonyl (C=O) groups excluding carboxylic acids is 2. The Morgan fingerprint density at radius 2 is 1.93 bits per heavy atom. The van der Waals surface area contributed by atoms with Crippen molar-refractivity contribution in [2.75, 3.05) is 26.2 Å². The summed E-state index contributed by atoms with van der Waals surface area (Å²) in [5, 5.41) is 5.12. The molecule has 1 aromatic carbocycles. The van der Waals surface area contributed by atoms with Gasteiger partial charge in [0.25, 0.3) is 5.91 Å². The predicted molar refractivity (Wildman–Crippen MR) is 107 cm³/mol. The van der Waals surface area contributed by atoms with Gasteiger partial charge in [0.05, 0.1) is 24.5 Å². The molecule has 1 aromatic heterocycles. The number of rotatable bonds is 9. The van der Waals surface area contributed by atoms with E-state index in [4.69, 9.17) is 4.74 Å². The van der Waals surface area contributed by atoms with Crippen LogP contribution in [0.1, 0.15) is 47.5 Å². The number of benzene rings is 1. The van der Waals surface area contributed by atoms with Gasteiger partial charge in [-0.1, -0.05) is 13.0 Å². The summed E-state index contributed by atoms with van der Waals surface area (Å²) in [6.45, 7) is 4.77. The lowest BCUT2D eigenvalue weighted by molar-refractivity contribution is -0.918. The molecule has 6 heteroatoms. The van der Waals surface area contributed by atoms with Crippen LogP contribution >= 0.6 is 11.3 Å². The molecule has 144 valence electrons. The molecule has 0 radical (unpaired) electrons. The van der Waals surface area contributed by atoms with Crippen LogP contribution in [0, 0.1) is 0 Å². The Morgan fingerprint density at radius 1 is 1.19 bits per heavy atom. The van der Waals surface area contributed by atoms with E-state index in [0.717, 1.165) is 13.1 Å². The molecule has 1 aliphatic heterocycles. The van der Waals surface area contributed by atoms with Crippen LogP contribution < -0.4 is 15.0 Å². The molecular weight excluding hydrogens is 360 g/mol. The molecule has 1 fully saturated rings. The highest BCUT2D eigenvalue weighted by atomic mass is 32.1. The minimum Gasteiger partial charge on any atom is -0.484 e. The van der Waals surface area contributed by atoms with E-state index in [1.54, 1.807) is 40.5 Å². The molecule has 2 N–H and O–H groups in total. The van der Waals surface area contributed by atoms with Crippen molar-refractivity contribution >= 4 is 23.0 Å². The van der Waals surface area contributed by atoms with Crippen LogP contribution in [0.25, 0.3) is 0 Å². The summed E-state index contributed by atoms with van der Waals surface area (Å²) in [7, 11) is 0. The molecule has 2 aromatic rings. The van der Waals surface area contributed by atoms with E-state index >= 15 is 0 Å². The lowest BCUT2D eigenvalue weighted by atomic mass is 10.1. The first-order valence-electron chi connectivity index (χ1n) is 9.58. The number of carbonyl (C=O) groups is 2. The second-order valence-corrected chi connectivity index (χ2v) is 7.81. The Hall–Kier alpha value is -2.18. The number of quaternary nitrogens is 1. The number of nitrogens with one attached hydrogen (secondary N) is 2. The van der Waals surface area contributed by atoms with Crippen molar-refractivity contribution in [3.8, 4) is 5.75 Å². The van der Waals surface area contributed by atoms with Crippen LogP contribution in [0.2, 0.25) is 0 Å². The zero-order valence-electron chi connectivity index (χ0n) is 15.7. The van der Waals surface area contributed by atoms with Crippen molar-refractivity contribution in [2.24, 2.45) is 0 Å². The van der Waals surface area contributed by atoms with Gasteiger partial charge in [-0.25, -0.2) is 0 Å². The van der Waals surface area contributed by atoms with Crippen LogP contribution in [0.5, 0.6) is 5.75 Å². The number of ether oxygens (including phenoxy) is 1. The number of Topliss-reactive ketones (excluding diaryl/α,β-unsaturated/α-hetero) is 1. The van der Waals surface area contributed by atoms with Crippen molar-refractivity contribution < 1.29 is 19.2 Å². The fourth-order valence-electron chi connectivity index (χ4n) is 3.47. The highest BCUT2D eigenvalue weighted by Gasteiger charge is 2.28. The number of likely N-dealkylation sites (tertiary alicyclic amines) is 1. The highest BCUT2D eigenvalue weighted by molar-refractivity contribution is 7.10. The molecule has 1 saturated heterocycles. The van der Waals surface area contributed by atoms with E-state index < -0.39 is 0 Å². The quantitative estimate of drug-likeness (QED) is 0.649. The van der Waals surface area contributed by atoms with E-state index in [9.17, 15) is 9.59 Å². The average Bonchev–Trinajstić information content (AvgIpc) is 3.41. The minimum absolute atomic E-state index is 0.0203. The van der Waals surface area contributed by atoms with Gasteiger partial charge in [-0.15, -0.1) is 11.3 Å². The second-order valence-electron chi connectivity index (χ2n) is 6.83. The minimum atomic E-state index is -0.121. The zero-order chi connectivity index (χ0) is 19.1. The largest absolute Gasteiger partial charge is 0.484 e. The smallest absolute Gasteiger partial charge is 0.258 e. The first-order chi connectivity index (χ1) is 13.2. The van der Waals surface area contributed by atoms with Crippen molar-refractivity contribution in [1.29, 1.82) is 0 Å². The summed E-state index contributed by atoms with van der Waals surface area (Å²) >= 11 is 1.75. The molecule has 0 spiro atoms. The third kappa shape index (κ3) is 5.40. The van der Waals surface area contributed by atoms with Crippen LogP contribution in [0.4, 0.5) is 0 Å². The van der Waals surface area contributed by atoms with Gasteiger partial charge in [0, 0.05) is 24.8 Å². The Labute approximate surface area is 164 Å².